The standard InChI is InChI=1S/C17H14O7/c1-22-8-5-11(19)14-12(6-8)24-13-7-23-15-9(3-2-4-10(15)18)17(13,21)16(14)20/h2-6,13,18-19,21H,7H2,1H3/t13-,17-/m1/s1. The third-order valence-corrected chi connectivity index (χ3v) is 4.38. The van der Waals surface area contributed by atoms with Crippen LogP contribution in [0.15, 0.2) is 30.3 Å². The summed E-state index contributed by atoms with van der Waals surface area (Å²) in [6.07, 6.45) is -1.02. The van der Waals surface area contributed by atoms with Crippen LogP contribution in [-0.4, -0.2) is 40.9 Å². The van der Waals surface area contributed by atoms with Crippen molar-refractivity contribution in [2.75, 3.05) is 13.7 Å². The summed E-state index contributed by atoms with van der Waals surface area (Å²) < 4.78 is 16.2. The summed E-state index contributed by atoms with van der Waals surface area (Å²) in [5, 5.41) is 31.2. The average Bonchev–Trinajstić information content (AvgIpc) is 2.56. The van der Waals surface area contributed by atoms with E-state index in [2.05, 4.69) is 0 Å². The van der Waals surface area contributed by atoms with Crippen molar-refractivity contribution in [3.8, 4) is 28.7 Å². The summed E-state index contributed by atoms with van der Waals surface area (Å²) in [6, 6.07) is 7.10. The van der Waals surface area contributed by atoms with Crippen LogP contribution >= 0.6 is 0 Å². The molecule has 2 aromatic rings. The lowest BCUT2D eigenvalue weighted by molar-refractivity contribution is -0.0806. The molecule has 0 aromatic heterocycles. The van der Waals surface area contributed by atoms with Gasteiger partial charge < -0.3 is 29.5 Å². The number of carbonyl (C=O) groups excluding carboxylic acids is 1. The van der Waals surface area contributed by atoms with E-state index in [4.69, 9.17) is 14.2 Å². The monoisotopic (exact) mass is 330 g/mol. The molecule has 0 saturated heterocycles. The van der Waals surface area contributed by atoms with Gasteiger partial charge in [0.1, 0.15) is 29.4 Å². The highest BCUT2D eigenvalue weighted by atomic mass is 16.6. The molecule has 0 fully saturated rings. The van der Waals surface area contributed by atoms with Crippen LogP contribution in [0.25, 0.3) is 0 Å². The zero-order valence-electron chi connectivity index (χ0n) is 12.6. The van der Waals surface area contributed by atoms with Gasteiger partial charge in [0.25, 0.3) is 0 Å². The fourth-order valence-electron chi connectivity index (χ4n) is 3.18. The Hall–Kier alpha value is -2.93. The Morgan fingerprint density at radius 2 is 2.04 bits per heavy atom. The topological polar surface area (TPSA) is 105 Å². The summed E-state index contributed by atoms with van der Waals surface area (Å²) in [7, 11) is 1.42. The molecule has 2 atom stereocenters. The number of hydrogen-bond donors (Lipinski definition) is 3. The van der Waals surface area contributed by atoms with Gasteiger partial charge in [0, 0.05) is 17.7 Å². The van der Waals surface area contributed by atoms with E-state index in [0.717, 1.165) is 0 Å². The van der Waals surface area contributed by atoms with Crippen LogP contribution in [0.5, 0.6) is 28.7 Å². The second-order valence-corrected chi connectivity index (χ2v) is 5.69. The predicted molar refractivity (Wildman–Crippen MR) is 80.9 cm³/mol. The number of para-hydroxylation sites is 1. The third-order valence-electron chi connectivity index (χ3n) is 4.38. The minimum Gasteiger partial charge on any atom is -0.507 e. The third kappa shape index (κ3) is 1.73. The lowest BCUT2D eigenvalue weighted by Gasteiger charge is -2.43. The molecule has 2 aromatic carbocycles. The Kier molecular flexibility index (Phi) is 2.92. The van der Waals surface area contributed by atoms with E-state index in [1.807, 2.05) is 0 Å². The van der Waals surface area contributed by atoms with E-state index in [9.17, 15) is 20.1 Å². The zero-order chi connectivity index (χ0) is 17.1. The van der Waals surface area contributed by atoms with Gasteiger partial charge in [-0.1, -0.05) is 12.1 Å². The first-order valence-corrected chi connectivity index (χ1v) is 7.27. The van der Waals surface area contributed by atoms with E-state index in [-0.39, 0.29) is 40.7 Å². The van der Waals surface area contributed by atoms with Gasteiger partial charge in [0.2, 0.25) is 5.78 Å². The van der Waals surface area contributed by atoms with Gasteiger partial charge in [0.05, 0.1) is 7.11 Å². The quantitative estimate of drug-likeness (QED) is 0.724. The van der Waals surface area contributed by atoms with Gasteiger partial charge in [-0.25, -0.2) is 0 Å². The highest BCUT2D eigenvalue weighted by Crippen LogP contribution is 2.50. The summed E-state index contributed by atoms with van der Waals surface area (Å²) in [5.41, 5.74) is -2.10. The summed E-state index contributed by atoms with van der Waals surface area (Å²) in [5.74, 6) is -0.793. The van der Waals surface area contributed by atoms with Gasteiger partial charge in [-0.3, -0.25) is 4.79 Å². The Labute approximate surface area is 136 Å². The summed E-state index contributed by atoms with van der Waals surface area (Å²) in [6.45, 7) is -0.135. The molecule has 0 saturated carbocycles. The smallest absolute Gasteiger partial charge is 0.210 e. The highest BCUT2D eigenvalue weighted by molar-refractivity contribution is 6.09. The number of Topliss-reactive ketones (excluding diaryl/α,β-unsaturated/α-hetero) is 1. The number of phenols is 2. The van der Waals surface area contributed by atoms with Crippen molar-refractivity contribution in [3.05, 3.63) is 41.5 Å². The molecule has 24 heavy (non-hydrogen) atoms. The fourth-order valence-corrected chi connectivity index (χ4v) is 3.18. The molecule has 0 unspecified atom stereocenters. The molecule has 2 aliphatic rings. The highest BCUT2D eigenvalue weighted by Gasteiger charge is 2.56. The number of carbonyl (C=O) groups is 1. The molecule has 0 bridgehead atoms. The van der Waals surface area contributed by atoms with Crippen LogP contribution in [0, 0.1) is 0 Å². The van der Waals surface area contributed by atoms with Crippen LogP contribution in [0.1, 0.15) is 15.9 Å². The van der Waals surface area contributed by atoms with Crippen molar-refractivity contribution >= 4 is 5.78 Å². The number of aliphatic hydroxyl groups is 1. The van der Waals surface area contributed by atoms with Gasteiger partial charge >= 0.3 is 0 Å². The maximum atomic E-state index is 13.0. The predicted octanol–water partition coefficient (Wildman–Crippen LogP) is 1.33. The fraction of sp³-hybridized carbons (Fsp3) is 0.235. The second-order valence-electron chi connectivity index (χ2n) is 5.69. The Morgan fingerprint density at radius 3 is 2.79 bits per heavy atom. The van der Waals surface area contributed by atoms with E-state index in [1.54, 1.807) is 0 Å². The molecule has 0 radical (unpaired) electrons. The number of rotatable bonds is 1. The molecule has 2 aliphatic heterocycles. The van der Waals surface area contributed by atoms with Crippen molar-refractivity contribution in [2.24, 2.45) is 0 Å². The number of methoxy groups -OCH3 is 1. The number of ether oxygens (including phenoxy) is 3. The van der Waals surface area contributed by atoms with Crippen molar-refractivity contribution < 1.29 is 34.3 Å². The number of benzene rings is 2. The maximum absolute atomic E-state index is 13.0. The van der Waals surface area contributed by atoms with E-state index in [0.29, 0.717) is 5.75 Å². The number of aromatic hydroxyl groups is 2. The van der Waals surface area contributed by atoms with E-state index >= 15 is 0 Å². The minimum absolute atomic E-state index is 0.0321. The SMILES string of the molecule is COc1cc(O)c2c(c1)O[C@@H]1COc3c(O)cccc3[C@]1(O)C2=O. The molecule has 2 heterocycles. The van der Waals surface area contributed by atoms with Crippen LogP contribution in [0.2, 0.25) is 0 Å². The Morgan fingerprint density at radius 1 is 1.25 bits per heavy atom. The Balaban J connectivity index is 1.94. The van der Waals surface area contributed by atoms with Crippen LogP contribution in [0.4, 0.5) is 0 Å². The number of ketones is 1. The van der Waals surface area contributed by atoms with E-state index < -0.39 is 17.5 Å². The molecule has 4 rings (SSSR count). The van der Waals surface area contributed by atoms with Crippen LogP contribution < -0.4 is 14.2 Å². The zero-order valence-corrected chi connectivity index (χ0v) is 12.6. The normalized spacial score (nSPS) is 24.1. The van der Waals surface area contributed by atoms with Gasteiger partial charge in [-0.05, 0) is 6.07 Å². The van der Waals surface area contributed by atoms with Crippen molar-refractivity contribution in [1.29, 1.82) is 0 Å². The first-order valence-electron chi connectivity index (χ1n) is 7.27. The average molecular weight is 330 g/mol. The van der Waals surface area contributed by atoms with Crippen molar-refractivity contribution in [3.63, 3.8) is 0 Å². The molecule has 0 spiro atoms. The molecular weight excluding hydrogens is 316 g/mol. The largest absolute Gasteiger partial charge is 0.507 e. The maximum Gasteiger partial charge on any atom is 0.210 e. The van der Waals surface area contributed by atoms with Crippen LogP contribution in [0.3, 0.4) is 0 Å². The Bertz CT molecular complexity index is 860. The first-order chi connectivity index (χ1) is 11.5. The van der Waals surface area contributed by atoms with Crippen molar-refractivity contribution in [1.82, 2.24) is 0 Å². The van der Waals surface area contributed by atoms with E-state index in [1.165, 1.54) is 37.4 Å². The molecule has 124 valence electrons. The van der Waals surface area contributed by atoms with Crippen LogP contribution in [-0.2, 0) is 5.60 Å². The lowest BCUT2D eigenvalue weighted by atomic mass is 9.77. The van der Waals surface area contributed by atoms with Crippen molar-refractivity contribution in [2.45, 2.75) is 11.7 Å². The lowest BCUT2D eigenvalue weighted by Crippen LogP contribution is -2.57. The van der Waals surface area contributed by atoms with Gasteiger partial charge in [-0.2, -0.15) is 0 Å². The summed E-state index contributed by atoms with van der Waals surface area (Å²) in [4.78, 5) is 13.0. The minimum atomic E-state index is -2.06. The van der Waals surface area contributed by atoms with Gasteiger partial charge in [-0.15, -0.1) is 0 Å². The molecule has 7 heteroatoms. The number of hydrogen-bond acceptors (Lipinski definition) is 7. The molecular formula is C17H14O7. The molecule has 0 aliphatic carbocycles. The molecule has 0 amide bonds. The number of phenolic OH excluding ortho intramolecular Hbond substituents is 2. The van der Waals surface area contributed by atoms with Gasteiger partial charge in [0.15, 0.2) is 23.2 Å². The molecule has 3 N–H and O–H groups in total. The second kappa shape index (κ2) is 4.78. The number of fused-ring (bicyclic) bond motifs is 4. The first kappa shape index (κ1) is 14.6. The summed E-state index contributed by atoms with van der Waals surface area (Å²) >= 11 is 0. The molecule has 7 nitrogen and oxygen atoms in total.